The summed E-state index contributed by atoms with van der Waals surface area (Å²) in [5.74, 6) is -0.0306. The van der Waals surface area contributed by atoms with Crippen LogP contribution in [0, 0.1) is 5.82 Å². The fraction of sp³-hybridized carbons (Fsp3) is 0.294. The van der Waals surface area contributed by atoms with Gasteiger partial charge in [-0.2, -0.15) is 0 Å². The highest BCUT2D eigenvalue weighted by molar-refractivity contribution is 5.41. The summed E-state index contributed by atoms with van der Waals surface area (Å²) in [7, 11) is 3.33. The standard InChI is InChI=1S/C17H20FNO/c1-4-12-8-5-6-9-13(12)17(19-2)14-10-7-11-15(20-3)16(14)18/h5-11,17,19H,4H2,1-3H3. The molecule has 0 fully saturated rings. The van der Waals surface area contributed by atoms with Crippen LogP contribution in [0.5, 0.6) is 5.75 Å². The Balaban J connectivity index is 2.53. The van der Waals surface area contributed by atoms with Crippen molar-refractivity contribution >= 4 is 0 Å². The molecule has 1 N–H and O–H groups in total. The van der Waals surface area contributed by atoms with E-state index >= 15 is 0 Å². The molecule has 0 radical (unpaired) electrons. The van der Waals surface area contributed by atoms with E-state index in [9.17, 15) is 4.39 Å². The van der Waals surface area contributed by atoms with Crippen molar-refractivity contribution in [2.45, 2.75) is 19.4 Å². The fourth-order valence-corrected chi connectivity index (χ4v) is 2.52. The lowest BCUT2D eigenvalue weighted by Gasteiger charge is -2.21. The van der Waals surface area contributed by atoms with E-state index in [4.69, 9.17) is 4.74 Å². The number of hydrogen-bond donors (Lipinski definition) is 1. The highest BCUT2D eigenvalue weighted by atomic mass is 19.1. The molecule has 3 heteroatoms. The highest BCUT2D eigenvalue weighted by Crippen LogP contribution is 2.30. The van der Waals surface area contributed by atoms with Crippen LogP contribution in [0.25, 0.3) is 0 Å². The molecule has 2 rings (SSSR count). The molecule has 106 valence electrons. The number of aryl methyl sites for hydroxylation is 1. The Morgan fingerprint density at radius 3 is 2.45 bits per heavy atom. The van der Waals surface area contributed by atoms with Gasteiger partial charge in [-0.25, -0.2) is 4.39 Å². The first kappa shape index (κ1) is 14.5. The maximum absolute atomic E-state index is 14.5. The minimum atomic E-state index is -0.305. The predicted molar refractivity (Wildman–Crippen MR) is 79.7 cm³/mol. The SMILES string of the molecule is CCc1ccccc1C(NC)c1cccc(OC)c1F. The van der Waals surface area contributed by atoms with Crippen LogP contribution in [0.1, 0.15) is 29.7 Å². The molecule has 0 aliphatic rings. The van der Waals surface area contributed by atoms with E-state index < -0.39 is 0 Å². The van der Waals surface area contributed by atoms with E-state index in [2.05, 4.69) is 18.3 Å². The zero-order valence-electron chi connectivity index (χ0n) is 12.1. The molecule has 2 nitrogen and oxygen atoms in total. The molecule has 0 spiro atoms. The number of ether oxygens (including phenoxy) is 1. The van der Waals surface area contributed by atoms with Crippen LogP contribution in [0.3, 0.4) is 0 Å². The van der Waals surface area contributed by atoms with Gasteiger partial charge in [0, 0.05) is 5.56 Å². The summed E-state index contributed by atoms with van der Waals surface area (Å²) in [5, 5.41) is 3.21. The Morgan fingerprint density at radius 1 is 1.10 bits per heavy atom. The molecule has 0 bridgehead atoms. The Labute approximate surface area is 119 Å². The van der Waals surface area contributed by atoms with E-state index in [0.29, 0.717) is 5.56 Å². The van der Waals surface area contributed by atoms with Gasteiger partial charge >= 0.3 is 0 Å². The van der Waals surface area contributed by atoms with Crippen molar-refractivity contribution in [2.24, 2.45) is 0 Å². The first-order valence-corrected chi connectivity index (χ1v) is 6.80. The van der Waals surface area contributed by atoms with Gasteiger partial charge in [-0.05, 0) is 30.7 Å². The van der Waals surface area contributed by atoms with Crippen molar-refractivity contribution in [1.29, 1.82) is 0 Å². The van der Waals surface area contributed by atoms with Crippen LogP contribution >= 0.6 is 0 Å². The molecule has 0 heterocycles. The van der Waals surface area contributed by atoms with E-state index in [1.165, 1.54) is 12.7 Å². The summed E-state index contributed by atoms with van der Waals surface area (Å²) in [6.45, 7) is 2.10. The lowest BCUT2D eigenvalue weighted by Crippen LogP contribution is -2.20. The van der Waals surface area contributed by atoms with Crippen LogP contribution in [0.2, 0.25) is 0 Å². The zero-order valence-corrected chi connectivity index (χ0v) is 12.1. The lowest BCUT2D eigenvalue weighted by atomic mass is 9.93. The minimum absolute atomic E-state index is 0.179. The smallest absolute Gasteiger partial charge is 0.170 e. The number of benzene rings is 2. The van der Waals surface area contributed by atoms with Crippen molar-refractivity contribution in [3.05, 3.63) is 65.0 Å². The van der Waals surface area contributed by atoms with Crippen molar-refractivity contribution in [2.75, 3.05) is 14.2 Å². The van der Waals surface area contributed by atoms with Gasteiger partial charge in [0.25, 0.3) is 0 Å². The van der Waals surface area contributed by atoms with Gasteiger partial charge in [-0.1, -0.05) is 43.3 Å². The minimum Gasteiger partial charge on any atom is -0.494 e. The van der Waals surface area contributed by atoms with Gasteiger partial charge in [-0.15, -0.1) is 0 Å². The van der Waals surface area contributed by atoms with Crippen LogP contribution in [-0.4, -0.2) is 14.2 Å². The second-order valence-corrected chi connectivity index (χ2v) is 4.64. The quantitative estimate of drug-likeness (QED) is 0.896. The van der Waals surface area contributed by atoms with Crippen molar-refractivity contribution in [3.63, 3.8) is 0 Å². The third kappa shape index (κ3) is 2.68. The summed E-state index contributed by atoms with van der Waals surface area (Å²) < 4.78 is 19.5. The lowest BCUT2D eigenvalue weighted by molar-refractivity contribution is 0.382. The molecule has 0 saturated carbocycles. The topological polar surface area (TPSA) is 21.3 Å². The summed E-state index contributed by atoms with van der Waals surface area (Å²) >= 11 is 0. The van der Waals surface area contributed by atoms with E-state index in [-0.39, 0.29) is 17.6 Å². The molecular formula is C17H20FNO. The van der Waals surface area contributed by atoms with Gasteiger partial charge < -0.3 is 10.1 Å². The first-order valence-electron chi connectivity index (χ1n) is 6.80. The molecule has 0 aromatic heterocycles. The van der Waals surface area contributed by atoms with Crippen molar-refractivity contribution in [1.82, 2.24) is 5.32 Å². The van der Waals surface area contributed by atoms with Crippen molar-refractivity contribution < 1.29 is 9.13 Å². The monoisotopic (exact) mass is 273 g/mol. The predicted octanol–water partition coefficient (Wildman–Crippen LogP) is 3.71. The van der Waals surface area contributed by atoms with Gasteiger partial charge in [0.15, 0.2) is 11.6 Å². The van der Waals surface area contributed by atoms with Crippen LogP contribution in [0.15, 0.2) is 42.5 Å². The molecule has 0 saturated heterocycles. The third-order valence-electron chi connectivity index (χ3n) is 3.56. The van der Waals surface area contributed by atoms with E-state index in [1.807, 2.05) is 31.3 Å². The molecule has 1 atom stereocenters. The second-order valence-electron chi connectivity index (χ2n) is 4.64. The molecular weight excluding hydrogens is 253 g/mol. The average molecular weight is 273 g/mol. The van der Waals surface area contributed by atoms with Gasteiger partial charge in [0.2, 0.25) is 0 Å². The fourth-order valence-electron chi connectivity index (χ4n) is 2.52. The summed E-state index contributed by atoms with van der Waals surface area (Å²) in [4.78, 5) is 0. The van der Waals surface area contributed by atoms with Gasteiger partial charge in [-0.3, -0.25) is 0 Å². The molecule has 1 unspecified atom stereocenters. The summed E-state index contributed by atoms with van der Waals surface area (Å²) in [6.07, 6.45) is 0.917. The first-order chi connectivity index (χ1) is 9.72. The number of halogens is 1. The largest absolute Gasteiger partial charge is 0.494 e. The Bertz CT molecular complexity index is 583. The van der Waals surface area contributed by atoms with E-state index in [1.54, 1.807) is 12.1 Å². The number of nitrogens with one attached hydrogen (secondary N) is 1. The Hall–Kier alpha value is -1.87. The highest BCUT2D eigenvalue weighted by Gasteiger charge is 2.20. The van der Waals surface area contributed by atoms with E-state index in [0.717, 1.165) is 12.0 Å². The molecule has 2 aromatic rings. The summed E-state index contributed by atoms with van der Waals surface area (Å²) in [5.41, 5.74) is 2.92. The number of hydrogen-bond acceptors (Lipinski definition) is 2. The molecule has 2 aromatic carbocycles. The van der Waals surface area contributed by atoms with Crippen molar-refractivity contribution in [3.8, 4) is 5.75 Å². The zero-order chi connectivity index (χ0) is 14.5. The third-order valence-corrected chi connectivity index (χ3v) is 3.56. The van der Waals surface area contributed by atoms with Gasteiger partial charge in [0.05, 0.1) is 13.2 Å². The van der Waals surface area contributed by atoms with Crippen LogP contribution in [0.4, 0.5) is 4.39 Å². The molecule has 0 aliphatic carbocycles. The normalized spacial score (nSPS) is 12.2. The Kier molecular flexibility index (Phi) is 4.74. The Morgan fingerprint density at radius 2 is 1.80 bits per heavy atom. The number of rotatable bonds is 5. The van der Waals surface area contributed by atoms with Crippen LogP contribution in [-0.2, 0) is 6.42 Å². The molecule has 0 amide bonds. The second kappa shape index (κ2) is 6.53. The number of methoxy groups -OCH3 is 1. The maximum Gasteiger partial charge on any atom is 0.170 e. The summed E-state index contributed by atoms with van der Waals surface area (Å²) in [6, 6.07) is 13.2. The molecule has 0 aliphatic heterocycles. The average Bonchev–Trinajstić information content (AvgIpc) is 2.50. The van der Waals surface area contributed by atoms with Crippen LogP contribution < -0.4 is 10.1 Å². The molecule has 20 heavy (non-hydrogen) atoms. The maximum atomic E-state index is 14.5. The van der Waals surface area contributed by atoms with Gasteiger partial charge in [0.1, 0.15) is 0 Å².